The molecule has 18 heavy (non-hydrogen) atoms. The van der Waals surface area contributed by atoms with E-state index in [1.165, 1.54) is 0 Å². The third kappa shape index (κ3) is 5.14. The number of aliphatic hydroxyl groups is 1. The summed E-state index contributed by atoms with van der Waals surface area (Å²) >= 11 is 0. The molecule has 0 aliphatic carbocycles. The van der Waals surface area contributed by atoms with Crippen LogP contribution in [0.1, 0.15) is 37.0 Å². The molecule has 0 aromatic carbocycles. The lowest BCUT2D eigenvalue weighted by atomic mass is 10.2. The number of hydrogen-bond donors (Lipinski definition) is 3. The van der Waals surface area contributed by atoms with Gasteiger partial charge in [0.1, 0.15) is 5.82 Å². The van der Waals surface area contributed by atoms with Crippen LogP contribution in [0.4, 0.5) is 5.82 Å². The van der Waals surface area contributed by atoms with Gasteiger partial charge >= 0.3 is 0 Å². The lowest BCUT2D eigenvalue weighted by Gasteiger charge is -2.08. The average Bonchev–Trinajstić information content (AvgIpc) is 2.36. The summed E-state index contributed by atoms with van der Waals surface area (Å²) in [5, 5.41) is 15.0. The molecule has 0 radical (unpaired) electrons. The van der Waals surface area contributed by atoms with E-state index in [-0.39, 0.29) is 12.0 Å². The second-order valence-corrected chi connectivity index (χ2v) is 4.25. The molecule has 1 atom stereocenters. The topological polar surface area (TPSA) is 74.2 Å². The molecule has 100 valence electrons. The van der Waals surface area contributed by atoms with Crippen molar-refractivity contribution in [1.29, 1.82) is 0 Å². The van der Waals surface area contributed by atoms with Gasteiger partial charge in [-0.05, 0) is 31.9 Å². The molecular weight excluding hydrogens is 230 g/mol. The van der Waals surface area contributed by atoms with Crippen LogP contribution in [-0.4, -0.2) is 35.2 Å². The van der Waals surface area contributed by atoms with Crippen molar-refractivity contribution in [2.75, 3.05) is 18.4 Å². The molecule has 0 saturated carbocycles. The maximum Gasteiger partial charge on any atom is 0.252 e. The van der Waals surface area contributed by atoms with Crippen molar-refractivity contribution in [1.82, 2.24) is 10.3 Å². The molecule has 5 nitrogen and oxygen atoms in total. The van der Waals surface area contributed by atoms with Gasteiger partial charge in [-0.25, -0.2) is 4.98 Å². The Balaban J connectivity index is 2.44. The summed E-state index contributed by atoms with van der Waals surface area (Å²) < 4.78 is 0. The lowest BCUT2D eigenvalue weighted by molar-refractivity contribution is 0.0953. The lowest BCUT2D eigenvalue weighted by Crippen LogP contribution is -2.24. The monoisotopic (exact) mass is 251 g/mol. The standard InChI is InChI=1S/C13H21N3O2/c1-3-7-15-13(18)11-4-5-12(16-9-11)14-8-6-10(2)17/h4-5,9-10,17H,3,6-8H2,1-2H3,(H,14,16)(H,15,18)/t10-/m0/s1. The average molecular weight is 251 g/mol. The molecule has 1 rings (SSSR count). The third-order valence-corrected chi connectivity index (χ3v) is 2.43. The van der Waals surface area contributed by atoms with Crippen molar-refractivity contribution in [3.8, 4) is 0 Å². The predicted molar refractivity (Wildman–Crippen MR) is 71.6 cm³/mol. The minimum Gasteiger partial charge on any atom is -0.393 e. The van der Waals surface area contributed by atoms with Crippen molar-refractivity contribution >= 4 is 11.7 Å². The van der Waals surface area contributed by atoms with Crippen LogP contribution in [0.5, 0.6) is 0 Å². The molecule has 0 bridgehead atoms. The number of amides is 1. The van der Waals surface area contributed by atoms with Gasteiger partial charge in [0.05, 0.1) is 11.7 Å². The van der Waals surface area contributed by atoms with Gasteiger partial charge in [0, 0.05) is 19.3 Å². The summed E-state index contributed by atoms with van der Waals surface area (Å²) in [6, 6.07) is 3.51. The Morgan fingerprint density at radius 2 is 2.22 bits per heavy atom. The van der Waals surface area contributed by atoms with Crippen LogP contribution in [0, 0.1) is 0 Å². The highest BCUT2D eigenvalue weighted by molar-refractivity contribution is 5.93. The van der Waals surface area contributed by atoms with Crippen LogP contribution < -0.4 is 10.6 Å². The molecule has 0 fully saturated rings. The van der Waals surface area contributed by atoms with E-state index in [2.05, 4.69) is 15.6 Å². The zero-order chi connectivity index (χ0) is 13.4. The molecule has 1 aromatic rings. The Morgan fingerprint density at radius 3 is 2.78 bits per heavy atom. The molecule has 0 unspecified atom stereocenters. The quantitative estimate of drug-likeness (QED) is 0.685. The van der Waals surface area contributed by atoms with Crippen LogP contribution in [0.25, 0.3) is 0 Å². The van der Waals surface area contributed by atoms with E-state index in [1.807, 2.05) is 6.92 Å². The minimum absolute atomic E-state index is 0.0973. The zero-order valence-electron chi connectivity index (χ0n) is 10.9. The largest absolute Gasteiger partial charge is 0.393 e. The van der Waals surface area contributed by atoms with Gasteiger partial charge in [-0.1, -0.05) is 6.92 Å². The highest BCUT2D eigenvalue weighted by atomic mass is 16.3. The number of carbonyl (C=O) groups excluding carboxylic acids is 1. The van der Waals surface area contributed by atoms with E-state index in [9.17, 15) is 4.79 Å². The fourth-order valence-corrected chi connectivity index (χ4v) is 1.38. The van der Waals surface area contributed by atoms with Crippen molar-refractivity contribution in [2.24, 2.45) is 0 Å². The van der Waals surface area contributed by atoms with Gasteiger partial charge in [-0.15, -0.1) is 0 Å². The summed E-state index contributed by atoms with van der Waals surface area (Å²) in [6.45, 7) is 5.09. The molecule has 1 heterocycles. The number of aliphatic hydroxyl groups excluding tert-OH is 1. The highest BCUT2D eigenvalue weighted by Gasteiger charge is 2.04. The van der Waals surface area contributed by atoms with E-state index >= 15 is 0 Å². The molecule has 0 aliphatic heterocycles. The van der Waals surface area contributed by atoms with Crippen LogP contribution in [0.2, 0.25) is 0 Å². The molecule has 1 amide bonds. The van der Waals surface area contributed by atoms with Gasteiger partial charge in [0.25, 0.3) is 5.91 Å². The number of aromatic nitrogens is 1. The van der Waals surface area contributed by atoms with E-state index in [0.717, 1.165) is 6.42 Å². The van der Waals surface area contributed by atoms with Crippen molar-refractivity contribution in [3.05, 3.63) is 23.9 Å². The zero-order valence-corrected chi connectivity index (χ0v) is 10.9. The van der Waals surface area contributed by atoms with Crippen LogP contribution in [-0.2, 0) is 0 Å². The number of anilines is 1. The number of pyridine rings is 1. The molecule has 1 aromatic heterocycles. The summed E-state index contributed by atoms with van der Waals surface area (Å²) in [5.41, 5.74) is 0.560. The fourth-order valence-electron chi connectivity index (χ4n) is 1.38. The van der Waals surface area contributed by atoms with Gasteiger partial charge < -0.3 is 15.7 Å². The number of carbonyl (C=O) groups is 1. The first-order chi connectivity index (χ1) is 8.63. The summed E-state index contributed by atoms with van der Waals surface area (Å²) in [6.07, 6.45) is 2.81. The number of rotatable bonds is 7. The van der Waals surface area contributed by atoms with Crippen molar-refractivity contribution in [3.63, 3.8) is 0 Å². The fraction of sp³-hybridized carbons (Fsp3) is 0.538. The molecule has 0 saturated heterocycles. The van der Waals surface area contributed by atoms with Gasteiger partial charge in [0.2, 0.25) is 0 Å². The Bertz CT molecular complexity index is 363. The summed E-state index contributed by atoms with van der Waals surface area (Å²) in [4.78, 5) is 15.8. The molecule has 3 N–H and O–H groups in total. The highest BCUT2D eigenvalue weighted by Crippen LogP contribution is 2.05. The molecule has 0 aliphatic rings. The smallest absolute Gasteiger partial charge is 0.252 e. The third-order valence-electron chi connectivity index (χ3n) is 2.43. The molecule has 5 heteroatoms. The van der Waals surface area contributed by atoms with Crippen molar-refractivity contribution < 1.29 is 9.90 Å². The SMILES string of the molecule is CCCNC(=O)c1ccc(NCC[C@H](C)O)nc1. The Kier molecular flexibility index (Phi) is 6.14. The van der Waals surface area contributed by atoms with Crippen LogP contribution >= 0.6 is 0 Å². The van der Waals surface area contributed by atoms with Crippen molar-refractivity contribution in [2.45, 2.75) is 32.8 Å². The van der Waals surface area contributed by atoms with E-state index in [0.29, 0.717) is 30.9 Å². The van der Waals surface area contributed by atoms with E-state index < -0.39 is 0 Å². The second kappa shape index (κ2) is 7.66. The normalized spacial score (nSPS) is 11.9. The minimum atomic E-state index is -0.323. The van der Waals surface area contributed by atoms with Crippen LogP contribution in [0.15, 0.2) is 18.3 Å². The first kappa shape index (κ1) is 14.4. The van der Waals surface area contributed by atoms with Gasteiger partial charge in [-0.2, -0.15) is 0 Å². The Hall–Kier alpha value is -1.62. The molecular formula is C13H21N3O2. The summed E-state index contributed by atoms with van der Waals surface area (Å²) in [5.74, 6) is 0.613. The maximum atomic E-state index is 11.6. The second-order valence-electron chi connectivity index (χ2n) is 4.25. The predicted octanol–water partition coefficient (Wildman–Crippen LogP) is 1.40. The van der Waals surface area contributed by atoms with Crippen LogP contribution in [0.3, 0.4) is 0 Å². The summed E-state index contributed by atoms with van der Waals surface area (Å²) in [7, 11) is 0. The maximum absolute atomic E-state index is 11.6. The van der Waals surface area contributed by atoms with E-state index in [4.69, 9.17) is 5.11 Å². The number of nitrogens with zero attached hydrogens (tertiary/aromatic N) is 1. The number of nitrogens with one attached hydrogen (secondary N) is 2. The molecule has 0 spiro atoms. The van der Waals surface area contributed by atoms with E-state index in [1.54, 1.807) is 25.3 Å². The first-order valence-corrected chi connectivity index (χ1v) is 6.29. The Morgan fingerprint density at radius 1 is 1.44 bits per heavy atom. The first-order valence-electron chi connectivity index (χ1n) is 6.29. The number of hydrogen-bond acceptors (Lipinski definition) is 4. The van der Waals surface area contributed by atoms with Gasteiger partial charge in [0.15, 0.2) is 0 Å². The van der Waals surface area contributed by atoms with Gasteiger partial charge in [-0.3, -0.25) is 4.79 Å². The Labute approximate surface area is 108 Å².